The molecule has 0 spiro atoms. The molecule has 0 atom stereocenters. The van der Waals surface area contributed by atoms with Crippen molar-refractivity contribution in [3.05, 3.63) is 52.1 Å². The van der Waals surface area contributed by atoms with Gasteiger partial charge in [0.05, 0.1) is 6.54 Å². The van der Waals surface area contributed by atoms with Crippen LogP contribution < -0.4 is 5.32 Å². The highest BCUT2D eigenvalue weighted by atomic mass is 32.1. The van der Waals surface area contributed by atoms with Crippen LogP contribution in [0.5, 0.6) is 0 Å². The van der Waals surface area contributed by atoms with Crippen molar-refractivity contribution in [2.45, 2.75) is 13.5 Å². The molecule has 22 heavy (non-hydrogen) atoms. The third-order valence-corrected chi connectivity index (χ3v) is 3.46. The smallest absolute Gasteiger partial charge is 0.244 e. The molecule has 1 amide bonds. The number of benzene rings is 1. The molecule has 116 valence electrons. The molecule has 0 fully saturated rings. The molecule has 0 aliphatic carbocycles. The van der Waals surface area contributed by atoms with E-state index in [9.17, 15) is 13.6 Å². The van der Waals surface area contributed by atoms with E-state index in [1.807, 2.05) is 0 Å². The van der Waals surface area contributed by atoms with Crippen molar-refractivity contribution >= 4 is 23.7 Å². The van der Waals surface area contributed by atoms with Gasteiger partial charge < -0.3 is 9.88 Å². The van der Waals surface area contributed by atoms with Crippen molar-refractivity contribution in [3.8, 4) is 0 Å². The van der Waals surface area contributed by atoms with Gasteiger partial charge in [-0.15, -0.1) is 0 Å². The predicted octanol–water partition coefficient (Wildman–Crippen LogP) is 2.48. The summed E-state index contributed by atoms with van der Waals surface area (Å²) in [5, 5.41) is 9.18. The molecule has 1 aromatic heterocycles. The van der Waals surface area contributed by atoms with Crippen LogP contribution in [0.15, 0.2) is 24.3 Å². The third-order valence-electron chi connectivity index (χ3n) is 3.10. The zero-order valence-electron chi connectivity index (χ0n) is 12.0. The van der Waals surface area contributed by atoms with E-state index in [1.165, 1.54) is 12.1 Å². The molecule has 1 aromatic carbocycles. The first kappa shape index (κ1) is 16.0. The van der Waals surface area contributed by atoms with Gasteiger partial charge in [-0.2, -0.15) is 5.10 Å². The van der Waals surface area contributed by atoms with Gasteiger partial charge in [0.2, 0.25) is 5.91 Å². The predicted molar refractivity (Wildman–Crippen MR) is 80.2 cm³/mol. The van der Waals surface area contributed by atoms with Gasteiger partial charge in [0.15, 0.2) is 10.6 Å². The number of nitrogens with zero attached hydrogens (tertiary/aromatic N) is 2. The first-order valence-electron chi connectivity index (χ1n) is 6.40. The standard InChI is InChI=1S/C14H14F2N4OS/c1-8(10-4-3-9(15)6-11(10)16)5-13(21)17-7-12-18-19-14(22)20(12)2/h3-6H,7H2,1-2H3,(H,17,21)(H,19,22). The van der Waals surface area contributed by atoms with Gasteiger partial charge in [-0.05, 0) is 36.8 Å². The van der Waals surface area contributed by atoms with Crippen molar-refractivity contribution in [2.24, 2.45) is 7.05 Å². The summed E-state index contributed by atoms with van der Waals surface area (Å²) in [6.45, 7) is 1.75. The number of aromatic nitrogens is 3. The first-order chi connectivity index (χ1) is 10.4. The Kier molecular flexibility index (Phi) is 4.81. The van der Waals surface area contributed by atoms with Crippen LogP contribution in [0, 0.1) is 16.4 Å². The van der Waals surface area contributed by atoms with Gasteiger partial charge in [-0.3, -0.25) is 9.89 Å². The molecular formula is C14H14F2N4OS. The third kappa shape index (κ3) is 3.64. The van der Waals surface area contributed by atoms with Crippen LogP contribution in [-0.2, 0) is 18.4 Å². The Balaban J connectivity index is 2.06. The summed E-state index contributed by atoms with van der Waals surface area (Å²) in [5.41, 5.74) is 0.570. The second-order valence-corrected chi connectivity index (χ2v) is 5.06. The normalized spacial score (nSPS) is 11.5. The lowest BCUT2D eigenvalue weighted by Crippen LogP contribution is -2.22. The Labute approximate surface area is 130 Å². The number of halogens is 2. The molecule has 0 aliphatic rings. The minimum absolute atomic E-state index is 0.176. The maximum atomic E-state index is 13.6. The van der Waals surface area contributed by atoms with Crippen LogP contribution in [0.3, 0.4) is 0 Å². The Morgan fingerprint density at radius 2 is 2.23 bits per heavy atom. The number of amides is 1. The largest absolute Gasteiger partial charge is 0.345 e. The van der Waals surface area contributed by atoms with E-state index in [-0.39, 0.29) is 12.1 Å². The fourth-order valence-electron chi connectivity index (χ4n) is 1.84. The number of H-pyrrole nitrogens is 1. The summed E-state index contributed by atoms with van der Waals surface area (Å²) < 4.78 is 28.6. The number of aromatic amines is 1. The van der Waals surface area contributed by atoms with Gasteiger partial charge in [0.1, 0.15) is 11.6 Å². The van der Waals surface area contributed by atoms with Gasteiger partial charge in [-0.1, -0.05) is 0 Å². The monoisotopic (exact) mass is 324 g/mol. The Bertz CT molecular complexity index is 794. The van der Waals surface area contributed by atoms with E-state index in [2.05, 4.69) is 15.5 Å². The Hall–Kier alpha value is -2.35. The highest BCUT2D eigenvalue weighted by Crippen LogP contribution is 2.18. The molecule has 0 saturated carbocycles. The number of hydrogen-bond donors (Lipinski definition) is 2. The summed E-state index contributed by atoms with van der Waals surface area (Å²) in [7, 11) is 1.72. The van der Waals surface area contributed by atoms with Crippen LogP contribution in [0.4, 0.5) is 8.78 Å². The van der Waals surface area contributed by atoms with E-state index in [0.717, 1.165) is 12.1 Å². The minimum Gasteiger partial charge on any atom is -0.345 e. The first-order valence-corrected chi connectivity index (χ1v) is 6.81. The summed E-state index contributed by atoms with van der Waals surface area (Å²) in [6, 6.07) is 3.21. The Morgan fingerprint density at radius 3 is 2.82 bits per heavy atom. The van der Waals surface area contributed by atoms with E-state index < -0.39 is 17.5 Å². The van der Waals surface area contributed by atoms with Crippen molar-refractivity contribution < 1.29 is 13.6 Å². The molecule has 2 N–H and O–H groups in total. The zero-order valence-corrected chi connectivity index (χ0v) is 12.8. The zero-order chi connectivity index (χ0) is 16.3. The van der Waals surface area contributed by atoms with Crippen molar-refractivity contribution in [1.82, 2.24) is 20.1 Å². The van der Waals surface area contributed by atoms with E-state index >= 15 is 0 Å². The Morgan fingerprint density at radius 1 is 1.50 bits per heavy atom. The van der Waals surface area contributed by atoms with Crippen molar-refractivity contribution in [2.75, 3.05) is 0 Å². The van der Waals surface area contributed by atoms with Crippen LogP contribution in [0.25, 0.3) is 5.57 Å². The molecule has 0 unspecified atom stereocenters. The molecule has 2 rings (SSSR count). The number of rotatable bonds is 4. The summed E-state index contributed by atoms with van der Waals surface area (Å²) in [5.74, 6) is -1.22. The number of carbonyl (C=O) groups is 1. The number of carbonyl (C=O) groups excluding carboxylic acids is 1. The topological polar surface area (TPSA) is 62.7 Å². The molecular weight excluding hydrogens is 310 g/mol. The van der Waals surface area contributed by atoms with Gasteiger partial charge in [0, 0.05) is 24.8 Å². The van der Waals surface area contributed by atoms with E-state index in [4.69, 9.17) is 12.2 Å². The van der Waals surface area contributed by atoms with Crippen LogP contribution in [0.2, 0.25) is 0 Å². The molecule has 0 bridgehead atoms. The lowest BCUT2D eigenvalue weighted by atomic mass is 10.1. The van der Waals surface area contributed by atoms with Crippen molar-refractivity contribution in [1.29, 1.82) is 0 Å². The van der Waals surface area contributed by atoms with Gasteiger partial charge in [0.25, 0.3) is 0 Å². The highest BCUT2D eigenvalue weighted by Gasteiger charge is 2.08. The molecule has 2 aromatic rings. The number of nitrogens with one attached hydrogen (secondary N) is 2. The second kappa shape index (κ2) is 6.61. The maximum Gasteiger partial charge on any atom is 0.244 e. The van der Waals surface area contributed by atoms with Crippen molar-refractivity contribution in [3.63, 3.8) is 0 Å². The second-order valence-electron chi connectivity index (χ2n) is 4.67. The lowest BCUT2D eigenvalue weighted by Gasteiger charge is -2.05. The van der Waals surface area contributed by atoms with Crippen LogP contribution >= 0.6 is 12.2 Å². The lowest BCUT2D eigenvalue weighted by molar-refractivity contribution is -0.116. The molecule has 8 heteroatoms. The molecule has 0 radical (unpaired) electrons. The SMILES string of the molecule is CC(=CC(=O)NCc1n[nH]c(=S)n1C)c1ccc(F)cc1F. The maximum absolute atomic E-state index is 13.6. The average molecular weight is 324 g/mol. The van der Waals surface area contributed by atoms with E-state index in [0.29, 0.717) is 16.2 Å². The summed E-state index contributed by atoms with van der Waals surface area (Å²) >= 11 is 4.96. The number of hydrogen-bond acceptors (Lipinski definition) is 3. The van der Waals surface area contributed by atoms with Crippen LogP contribution in [0.1, 0.15) is 18.3 Å². The summed E-state index contributed by atoms with van der Waals surface area (Å²) in [6.07, 6.45) is 1.25. The van der Waals surface area contributed by atoms with E-state index in [1.54, 1.807) is 18.5 Å². The highest BCUT2D eigenvalue weighted by molar-refractivity contribution is 7.71. The fraction of sp³-hybridized carbons (Fsp3) is 0.214. The number of allylic oxidation sites excluding steroid dienone is 1. The van der Waals surface area contributed by atoms with Crippen LogP contribution in [-0.4, -0.2) is 20.7 Å². The average Bonchev–Trinajstić information content (AvgIpc) is 2.76. The van der Waals surface area contributed by atoms with Gasteiger partial charge >= 0.3 is 0 Å². The minimum atomic E-state index is -0.712. The molecule has 0 aliphatic heterocycles. The molecule has 0 saturated heterocycles. The fourth-order valence-corrected chi connectivity index (χ4v) is 1.99. The quantitative estimate of drug-likeness (QED) is 0.671. The molecule has 5 nitrogen and oxygen atoms in total. The summed E-state index contributed by atoms with van der Waals surface area (Å²) in [4.78, 5) is 11.8. The van der Waals surface area contributed by atoms with Gasteiger partial charge in [-0.25, -0.2) is 8.78 Å². The molecule has 1 heterocycles.